The fraction of sp³-hybridized carbons (Fsp3) is 0.921. The normalized spacial score (nSPS) is 12.7. The third kappa shape index (κ3) is 55.8. The van der Waals surface area contributed by atoms with E-state index in [-0.39, 0.29) is 38.2 Å². The Bertz CT molecular complexity index is 1190. The smallest absolute Gasteiger partial charge is 0.361 e. The number of aliphatic carboxylic acids is 1. The Morgan fingerprint density at radius 3 is 1.03 bits per heavy atom. The molecule has 72 heavy (non-hydrogen) atoms. The van der Waals surface area contributed by atoms with Crippen molar-refractivity contribution in [3.63, 3.8) is 0 Å². The molecule has 0 amide bonds. The van der Waals surface area contributed by atoms with Crippen molar-refractivity contribution < 1.29 is 42.9 Å². The molecule has 9 heteroatoms. The number of likely N-dealkylation sites (N-methyl/N-ethyl adjacent to an activating group) is 1. The zero-order chi connectivity index (χ0) is 52.7. The molecule has 0 radical (unpaired) electrons. The molecule has 2 unspecified atom stereocenters. The van der Waals surface area contributed by atoms with E-state index in [9.17, 15) is 19.5 Å². The van der Waals surface area contributed by atoms with Crippen LogP contribution in [-0.4, -0.2) is 87.4 Å². The summed E-state index contributed by atoms with van der Waals surface area (Å²) in [5.41, 5.74) is 0. The number of carboxylic acids is 1. The molecule has 0 rings (SSSR count). The minimum absolute atomic E-state index is 0.174. The molecule has 0 aromatic heterocycles. The number of carbonyl (C=O) groups excluding carboxylic acids is 2. The summed E-state index contributed by atoms with van der Waals surface area (Å²) < 4.78 is 22.8. The van der Waals surface area contributed by atoms with Crippen molar-refractivity contribution in [3.05, 3.63) is 12.2 Å². The molecule has 0 aromatic carbocycles. The number of carboxylic acid groups (broad SMARTS) is 1. The molecule has 426 valence electrons. The number of rotatable bonds is 59. The summed E-state index contributed by atoms with van der Waals surface area (Å²) in [6.07, 6.45) is 62.0. The van der Waals surface area contributed by atoms with Crippen molar-refractivity contribution in [2.75, 3.05) is 47.5 Å². The predicted octanol–water partition coefficient (Wildman–Crippen LogP) is 18.5. The Kier molecular flexibility index (Phi) is 53.8. The third-order valence-electron chi connectivity index (χ3n) is 14.3. The molecule has 0 saturated heterocycles. The Morgan fingerprint density at radius 1 is 0.403 bits per heavy atom. The highest BCUT2D eigenvalue weighted by atomic mass is 16.7. The largest absolute Gasteiger partial charge is 0.477 e. The molecule has 2 atom stereocenters. The average molecular weight is 1020 g/mol. The SMILES string of the molecule is CCCCCCCCCC/C=C\CCCCCCCCCCCCCCCCCCCCCCCCCCCC(=O)OC(COC(=O)CCCCCCCCCCCC)COC(OCC[N+](C)(C)C)C(=O)O. The van der Waals surface area contributed by atoms with Crippen molar-refractivity contribution in [3.8, 4) is 0 Å². The number of quaternary nitrogens is 1. The maximum Gasteiger partial charge on any atom is 0.361 e. The van der Waals surface area contributed by atoms with Crippen LogP contribution >= 0.6 is 0 Å². The van der Waals surface area contributed by atoms with Crippen LogP contribution in [0.5, 0.6) is 0 Å². The van der Waals surface area contributed by atoms with Crippen molar-refractivity contribution in [1.82, 2.24) is 0 Å². The summed E-state index contributed by atoms with van der Waals surface area (Å²) in [5, 5.41) is 9.67. The first kappa shape index (κ1) is 70.0. The van der Waals surface area contributed by atoms with E-state index in [1.165, 1.54) is 250 Å². The Balaban J connectivity index is 3.88. The monoisotopic (exact) mass is 1020 g/mol. The first-order valence-corrected chi connectivity index (χ1v) is 31.4. The van der Waals surface area contributed by atoms with Crippen molar-refractivity contribution in [1.29, 1.82) is 0 Å². The highest BCUT2D eigenvalue weighted by Gasteiger charge is 2.25. The number of nitrogens with zero attached hydrogens (tertiary/aromatic N) is 1. The number of unbranched alkanes of at least 4 members (excludes halogenated alkanes) is 42. The summed E-state index contributed by atoms with van der Waals surface area (Å²) in [7, 11) is 5.98. The van der Waals surface area contributed by atoms with Crippen LogP contribution < -0.4 is 0 Å². The van der Waals surface area contributed by atoms with Gasteiger partial charge in [-0.15, -0.1) is 0 Å². The van der Waals surface area contributed by atoms with Gasteiger partial charge in [0, 0.05) is 12.8 Å². The van der Waals surface area contributed by atoms with E-state index in [1.807, 2.05) is 21.1 Å². The molecular weight excluding hydrogens is 899 g/mol. The zero-order valence-corrected chi connectivity index (χ0v) is 48.6. The Morgan fingerprint density at radius 2 is 0.708 bits per heavy atom. The number of hydrogen-bond acceptors (Lipinski definition) is 7. The molecule has 0 aliphatic carbocycles. The molecule has 0 fully saturated rings. The first-order chi connectivity index (χ1) is 35.1. The minimum atomic E-state index is -1.50. The molecular formula is C63H122NO8+. The van der Waals surface area contributed by atoms with Gasteiger partial charge in [-0.1, -0.05) is 276 Å². The third-order valence-corrected chi connectivity index (χ3v) is 14.3. The van der Waals surface area contributed by atoms with Gasteiger partial charge in [-0.05, 0) is 38.5 Å². The van der Waals surface area contributed by atoms with Crippen LogP contribution in [-0.2, 0) is 33.3 Å². The Labute approximate surface area is 446 Å². The van der Waals surface area contributed by atoms with E-state index in [2.05, 4.69) is 26.0 Å². The van der Waals surface area contributed by atoms with Gasteiger partial charge in [-0.3, -0.25) is 9.59 Å². The maximum absolute atomic E-state index is 12.8. The molecule has 0 heterocycles. The van der Waals surface area contributed by atoms with E-state index < -0.39 is 18.4 Å². The summed E-state index contributed by atoms with van der Waals surface area (Å²) in [6.45, 7) is 4.91. The lowest BCUT2D eigenvalue weighted by atomic mass is 10.0. The molecule has 0 aliphatic rings. The molecule has 9 nitrogen and oxygen atoms in total. The van der Waals surface area contributed by atoms with E-state index in [1.54, 1.807) is 0 Å². The topological polar surface area (TPSA) is 108 Å². The Hall–Kier alpha value is -1.97. The number of ether oxygens (including phenoxy) is 4. The summed E-state index contributed by atoms with van der Waals surface area (Å²) >= 11 is 0. The molecule has 0 aliphatic heterocycles. The van der Waals surface area contributed by atoms with E-state index in [4.69, 9.17) is 18.9 Å². The van der Waals surface area contributed by atoms with Gasteiger partial charge in [0.25, 0.3) is 6.29 Å². The molecule has 0 aromatic rings. The summed E-state index contributed by atoms with van der Waals surface area (Å²) in [5.74, 6) is -1.98. The highest BCUT2D eigenvalue weighted by molar-refractivity contribution is 5.71. The van der Waals surface area contributed by atoms with Gasteiger partial charge >= 0.3 is 17.9 Å². The van der Waals surface area contributed by atoms with E-state index >= 15 is 0 Å². The predicted molar refractivity (Wildman–Crippen MR) is 305 cm³/mol. The van der Waals surface area contributed by atoms with Gasteiger partial charge in [0.2, 0.25) is 0 Å². The van der Waals surface area contributed by atoms with Crippen molar-refractivity contribution in [2.45, 2.75) is 328 Å². The van der Waals surface area contributed by atoms with Crippen LogP contribution in [0.2, 0.25) is 0 Å². The van der Waals surface area contributed by atoms with Gasteiger partial charge in [-0.25, -0.2) is 4.79 Å². The first-order valence-electron chi connectivity index (χ1n) is 31.4. The average Bonchev–Trinajstić information content (AvgIpc) is 3.35. The van der Waals surface area contributed by atoms with E-state index in [0.717, 1.165) is 38.5 Å². The van der Waals surface area contributed by atoms with Crippen LogP contribution in [0.3, 0.4) is 0 Å². The van der Waals surface area contributed by atoms with E-state index in [0.29, 0.717) is 17.4 Å². The second-order valence-corrected chi connectivity index (χ2v) is 22.7. The van der Waals surface area contributed by atoms with Crippen LogP contribution in [0, 0.1) is 0 Å². The minimum Gasteiger partial charge on any atom is -0.477 e. The molecule has 0 saturated carbocycles. The van der Waals surface area contributed by atoms with Gasteiger partial charge < -0.3 is 28.5 Å². The number of allylic oxidation sites excluding steroid dienone is 2. The van der Waals surface area contributed by atoms with Gasteiger partial charge in [0.1, 0.15) is 13.2 Å². The van der Waals surface area contributed by atoms with Gasteiger partial charge in [0.15, 0.2) is 6.10 Å². The quantitative estimate of drug-likeness (QED) is 0.0211. The lowest BCUT2D eigenvalue weighted by molar-refractivity contribution is -0.870. The molecule has 0 bridgehead atoms. The maximum atomic E-state index is 12.8. The van der Waals surface area contributed by atoms with Crippen LogP contribution in [0.25, 0.3) is 0 Å². The summed E-state index contributed by atoms with van der Waals surface area (Å²) in [4.78, 5) is 37.3. The van der Waals surface area contributed by atoms with Gasteiger partial charge in [0.05, 0.1) is 34.4 Å². The second kappa shape index (κ2) is 55.3. The van der Waals surface area contributed by atoms with Gasteiger partial charge in [-0.2, -0.15) is 0 Å². The second-order valence-electron chi connectivity index (χ2n) is 22.7. The highest BCUT2D eigenvalue weighted by Crippen LogP contribution is 2.18. The number of esters is 2. The fourth-order valence-electron chi connectivity index (χ4n) is 9.42. The summed E-state index contributed by atoms with van der Waals surface area (Å²) in [6, 6.07) is 0. The lowest BCUT2D eigenvalue weighted by Gasteiger charge is -2.25. The lowest BCUT2D eigenvalue weighted by Crippen LogP contribution is -2.40. The molecule has 0 spiro atoms. The van der Waals surface area contributed by atoms with Crippen molar-refractivity contribution >= 4 is 17.9 Å². The number of hydrogen-bond donors (Lipinski definition) is 1. The zero-order valence-electron chi connectivity index (χ0n) is 48.6. The van der Waals surface area contributed by atoms with Crippen LogP contribution in [0.1, 0.15) is 316 Å². The van der Waals surface area contributed by atoms with Crippen molar-refractivity contribution in [2.24, 2.45) is 0 Å². The fourth-order valence-corrected chi connectivity index (χ4v) is 9.42. The standard InChI is InChI=1S/C63H121NO8/c1-6-8-10-12-14-16-18-19-20-21-22-23-24-25-26-27-28-29-30-31-32-33-34-35-36-37-38-39-40-41-42-43-44-46-48-50-52-54-61(66)72-59(58-71-63(62(67)68)69-56-55-64(3,4)5)57-70-60(65)53-51-49-47-45-17-15-13-11-9-7-2/h21-22,59,63H,6-20,23-58H2,1-5H3/p+1/b22-21-. The molecule has 1 N–H and O–H groups in total. The number of carbonyl (C=O) groups is 3. The van der Waals surface area contributed by atoms with Crippen LogP contribution in [0.4, 0.5) is 0 Å². The van der Waals surface area contributed by atoms with Crippen LogP contribution in [0.15, 0.2) is 12.2 Å².